The van der Waals surface area contributed by atoms with Gasteiger partial charge in [-0.05, 0) is 32.2 Å². The van der Waals surface area contributed by atoms with Gasteiger partial charge < -0.3 is 5.11 Å². The summed E-state index contributed by atoms with van der Waals surface area (Å²) in [6.07, 6.45) is 3.68. The number of aliphatic hydroxyl groups is 1. The number of hydrogen-bond donors (Lipinski definition) is 1. The van der Waals surface area contributed by atoms with Crippen molar-refractivity contribution in [1.29, 1.82) is 5.26 Å². The lowest BCUT2D eigenvalue weighted by molar-refractivity contribution is -0.0109. The normalized spacial score (nSPS) is 23.7. The van der Waals surface area contributed by atoms with Crippen LogP contribution in [-0.2, 0) is 0 Å². The minimum absolute atomic E-state index is 0.164. The summed E-state index contributed by atoms with van der Waals surface area (Å²) in [5, 5.41) is 19.1. The van der Waals surface area contributed by atoms with Gasteiger partial charge in [0.1, 0.15) is 0 Å². The summed E-state index contributed by atoms with van der Waals surface area (Å²) in [6.45, 7) is 6.63. The molecule has 1 aliphatic rings. The molecule has 0 amide bonds. The highest BCUT2D eigenvalue weighted by Gasteiger charge is 2.28. The minimum atomic E-state index is -0.558. The van der Waals surface area contributed by atoms with Crippen LogP contribution in [0.2, 0.25) is 0 Å². The summed E-state index contributed by atoms with van der Waals surface area (Å²) in [4.78, 5) is 2.24. The molecule has 0 bridgehead atoms. The predicted octanol–water partition coefficient (Wildman–Crippen LogP) is 1.77. The topological polar surface area (TPSA) is 47.3 Å². The van der Waals surface area contributed by atoms with Crippen molar-refractivity contribution < 1.29 is 5.11 Å². The van der Waals surface area contributed by atoms with E-state index in [1.807, 2.05) is 13.8 Å². The second kappa shape index (κ2) is 5.48. The summed E-state index contributed by atoms with van der Waals surface area (Å²) in [7, 11) is 0. The molecule has 1 unspecified atom stereocenters. The third-order valence-corrected chi connectivity index (χ3v) is 3.52. The fraction of sp³-hybridized carbons (Fsp3) is 0.917. The maximum absolute atomic E-state index is 10.2. The predicted molar refractivity (Wildman–Crippen MR) is 60.3 cm³/mol. The molecule has 0 radical (unpaired) electrons. The summed E-state index contributed by atoms with van der Waals surface area (Å²) in [5.74, 6) is 0.164. The van der Waals surface area contributed by atoms with Crippen LogP contribution in [-0.4, -0.2) is 35.2 Å². The molecule has 1 atom stereocenters. The van der Waals surface area contributed by atoms with Crippen LogP contribution in [0, 0.1) is 17.2 Å². The monoisotopic (exact) mass is 210 g/mol. The number of nitrogens with zero attached hydrogens (tertiary/aromatic N) is 2. The van der Waals surface area contributed by atoms with Crippen LogP contribution >= 0.6 is 0 Å². The molecule has 3 nitrogen and oxygen atoms in total. The highest BCUT2D eigenvalue weighted by Crippen LogP contribution is 2.21. The lowest BCUT2D eigenvalue weighted by Gasteiger charge is -2.36. The quantitative estimate of drug-likeness (QED) is 0.769. The van der Waals surface area contributed by atoms with E-state index >= 15 is 0 Å². The van der Waals surface area contributed by atoms with E-state index < -0.39 is 5.60 Å². The molecular weight excluding hydrogens is 188 g/mol. The van der Waals surface area contributed by atoms with Gasteiger partial charge >= 0.3 is 0 Å². The molecule has 1 aliphatic heterocycles. The second-order valence-electron chi connectivity index (χ2n) is 4.63. The number of piperidine rings is 1. The van der Waals surface area contributed by atoms with Crippen molar-refractivity contribution in [2.24, 2.45) is 5.92 Å². The van der Waals surface area contributed by atoms with E-state index in [4.69, 9.17) is 5.26 Å². The van der Waals surface area contributed by atoms with Crippen LogP contribution in [0.25, 0.3) is 0 Å². The number of nitriles is 1. The zero-order valence-electron chi connectivity index (χ0n) is 9.87. The Bertz CT molecular complexity index is 230. The Morgan fingerprint density at radius 3 is 2.67 bits per heavy atom. The van der Waals surface area contributed by atoms with Crippen molar-refractivity contribution in [2.45, 2.75) is 45.1 Å². The Morgan fingerprint density at radius 1 is 1.47 bits per heavy atom. The molecular formula is C12H22N2O. The lowest BCUT2D eigenvalue weighted by Crippen LogP contribution is -2.46. The summed E-state index contributed by atoms with van der Waals surface area (Å²) in [5.41, 5.74) is -0.558. The van der Waals surface area contributed by atoms with Gasteiger partial charge in [0.15, 0.2) is 0 Å². The zero-order chi connectivity index (χ0) is 11.3. The Balaban J connectivity index is 2.47. The highest BCUT2D eigenvalue weighted by molar-refractivity contribution is 4.90. The van der Waals surface area contributed by atoms with E-state index in [2.05, 4.69) is 11.0 Å². The van der Waals surface area contributed by atoms with Gasteiger partial charge in [-0.25, -0.2) is 0 Å². The average Bonchev–Trinajstić information content (AvgIpc) is 2.29. The fourth-order valence-electron chi connectivity index (χ4n) is 2.19. The van der Waals surface area contributed by atoms with Gasteiger partial charge in [0.05, 0.1) is 17.6 Å². The van der Waals surface area contributed by atoms with Crippen molar-refractivity contribution in [3.05, 3.63) is 0 Å². The Morgan fingerprint density at radius 2 is 2.13 bits per heavy atom. The Kier molecular flexibility index (Phi) is 4.56. The molecule has 0 aromatic carbocycles. The minimum Gasteiger partial charge on any atom is -0.389 e. The van der Waals surface area contributed by atoms with Gasteiger partial charge in [-0.15, -0.1) is 0 Å². The molecule has 1 fully saturated rings. The molecule has 1 N–H and O–H groups in total. The SMILES string of the molecule is CCC(O)(CC)CN1CCCC(C#N)C1. The molecule has 0 spiro atoms. The first-order chi connectivity index (χ1) is 7.13. The molecule has 1 rings (SSSR count). The van der Waals surface area contributed by atoms with Crippen LogP contribution in [0.1, 0.15) is 39.5 Å². The molecule has 1 saturated heterocycles. The van der Waals surface area contributed by atoms with Gasteiger partial charge in [-0.1, -0.05) is 13.8 Å². The van der Waals surface area contributed by atoms with Crippen molar-refractivity contribution >= 4 is 0 Å². The summed E-state index contributed by atoms with van der Waals surface area (Å²) in [6, 6.07) is 2.33. The van der Waals surface area contributed by atoms with E-state index in [0.29, 0.717) is 0 Å². The van der Waals surface area contributed by atoms with Crippen molar-refractivity contribution in [1.82, 2.24) is 4.90 Å². The first-order valence-corrected chi connectivity index (χ1v) is 5.98. The van der Waals surface area contributed by atoms with Crippen LogP contribution < -0.4 is 0 Å². The van der Waals surface area contributed by atoms with Gasteiger partial charge in [0, 0.05) is 13.1 Å². The third-order valence-electron chi connectivity index (χ3n) is 3.52. The third kappa shape index (κ3) is 3.48. The largest absolute Gasteiger partial charge is 0.389 e. The van der Waals surface area contributed by atoms with Crippen LogP contribution in [0.3, 0.4) is 0 Å². The molecule has 0 saturated carbocycles. The van der Waals surface area contributed by atoms with Crippen LogP contribution in [0.5, 0.6) is 0 Å². The fourth-order valence-corrected chi connectivity index (χ4v) is 2.19. The van der Waals surface area contributed by atoms with Crippen molar-refractivity contribution in [2.75, 3.05) is 19.6 Å². The molecule has 1 heterocycles. The van der Waals surface area contributed by atoms with E-state index in [9.17, 15) is 5.11 Å². The number of rotatable bonds is 4. The molecule has 0 aliphatic carbocycles. The first kappa shape index (κ1) is 12.5. The van der Waals surface area contributed by atoms with Crippen LogP contribution in [0.15, 0.2) is 0 Å². The van der Waals surface area contributed by atoms with Gasteiger partial charge in [-0.2, -0.15) is 5.26 Å². The highest BCUT2D eigenvalue weighted by atomic mass is 16.3. The van der Waals surface area contributed by atoms with E-state index in [-0.39, 0.29) is 5.92 Å². The second-order valence-corrected chi connectivity index (χ2v) is 4.63. The zero-order valence-corrected chi connectivity index (χ0v) is 9.87. The van der Waals surface area contributed by atoms with Gasteiger partial charge in [0.25, 0.3) is 0 Å². The van der Waals surface area contributed by atoms with Gasteiger partial charge in [-0.3, -0.25) is 4.90 Å². The molecule has 0 aromatic rings. The van der Waals surface area contributed by atoms with Crippen molar-refractivity contribution in [3.63, 3.8) is 0 Å². The Labute approximate surface area is 92.7 Å². The molecule has 0 aromatic heterocycles. The summed E-state index contributed by atoms with van der Waals surface area (Å²) >= 11 is 0. The first-order valence-electron chi connectivity index (χ1n) is 5.98. The molecule has 86 valence electrons. The lowest BCUT2D eigenvalue weighted by atomic mass is 9.93. The van der Waals surface area contributed by atoms with Crippen LogP contribution in [0.4, 0.5) is 0 Å². The van der Waals surface area contributed by atoms with E-state index in [0.717, 1.165) is 45.3 Å². The maximum atomic E-state index is 10.2. The van der Waals surface area contributed by atoms with E-state index in [1.165, 1.54) is 0 Å². The van der Waals surface area contributed by atoms with Gasteiger partial charge in [0.2, 0.25) is 0 Å². The standard InChI is InChI=1S/C12H22N2O/c1-3-12(15,4-2)10-14-7-5-6-11(8-13)9-14/h11,15H,3-7,9-10H2,1-2H3. The van der Waals surface area contributed by atoms with Crippen molar-refractivity contribution in [3.8, 4) is 6.07 Å². The maximum Gasteiger partial charge on any atom is 0.0768 e. The Hall–Kier alpha value is -0.590. The molecule has 3 heteroatoms. The smallest absolute Gasteiger partial charge is 0.0768 e. The number of hydrogen-bond acceptors (Lipinski definition) is 3. The van der Waals surface area contributed by atoms with E-state index in [1.54, 1.807) is 0 Å². The summed E-state index contributed by atoms with van der Waals surface area (Å²) < 4.78 is 0. The molecule has 15 heavy (non-hydrogen) atoms. The average molecular weight is 210 g/mol. The number of likely N-dealkylation sites (tertiary alicyclic amines) is 1. The number of β-amino-alcohol motifs (C(OH)–C–C–N with tert-alkyl or cyclic N) is 1.